The Morgan fingerprint density at radius 2 is 1.07 bits per heavy atom. The van der Waals surface area contributed by atoms with Gasteiger partial charge in [-0.15, -0.1) is 0 Å². The van der Waals surface area contributed by atoms with Crippen molar-refractivity contribution in [3.8, 4) is 11.5 Å². The summed E-state index contributed by atoms with van der Waals surface area (Å²) in [6.07, 6.45) is 4.61. The number of sulfonamides is 2. The molecule has 14 nitrogen and oxygen atoms in total. The van der Waals surface area contributed by atoms with Crippen LogP contribution in [0.2, 0.25) is 0 Å². The van der Waals surface area contributed by atoms with Crippen molar-refractivity contribution in [1.29, 1.82) is 0 Å². The van der Waals surface area contributed by atoms with E-state index in [1.165, 1.54) is 25.8 Å². The summed E-state index contributed by atoms with van der Waals surface area (Å²) in [5, 5.41) is 4.89. The Morgan fingerprint density at radius 3 is 1.41 bits per heavy atom. The molecule has 0 aliphatic rings. The van der Waals surface area contributed by atoms with Crippen LogP contribution in [0.4, 0.5) is 0 Å². The molecule has 0 atom stereocenters. The van der Waals surface area contributed by atoms with Gasteiger partial charge < -0.3 is 9.47 Å². The van der Waals surface area contributed by atoms with Gasteiger partial charge in [0.15, 0.2) is 0 Å². The number of aromatic nitrogens is 4. The summed E-state index contributed by atoms with van der Waals surface area (Å²) >= 11 is 0. The molecule has 2 aromatic carbocycles. The zero-order valence-electron chi connectivity index (χ0n) is 26.4. The van der Waals surface area contributed by atoms with E-state index < -0.39 is 31.4 Å². The summed E-state index contributed by atoms with van der Waals surface area (Å²) in [6.45, 7) is 7.36. The van der Waals surface area contributed by atoms with Crippen molar-refractivity contribution in [2.24, 2.45) is 5.14 Å². The first-order valence-corrected chi connectivity index (χ1v) is 17.0. The number of hydrogen-bond donors (Lipinski definition) is 1. The fraction of sp³-hybridized carbons (Fsp3) is 0.333. The maximum atomic E-state index is 13.6. The van der Waals surface area contributed by atoms with Crippen molar-refractivity contribution in [3.63, 3.8) is 0 Å². The largest absolute Gasteiger partial charge is 0.497 e. The lowest BCUT2D eigenvalue weighted by Crippen LogP contribution is -2.32. The average molecular weight is 675 g/mol. The van der Waals surface area contributed by atoms with Crippen molar-refractivity contribution in [2.45, 2.75) is 62.7 Å². The van der Waals surface area contributed by atoms with E-state index in [4.69, 9.17) is 14.6 Å². The highest BCUT2D eigenvalue weighted by atomic mass is 32.2. The van der Waals surface area contributed by atoms with Crippen molar-refractivity contribution in [1.82, 2.24) is 23.4 Å². The molecule has 0 saturated carbocycles. The Hall–Kier alpha value is -4.38. The molecular formula is C30H38N6O8S2. The lowest BCUT2D eigenvalue weighted by Gasteiger charge is -2.23. The number of hydrogen-bond acceptors (Lipinski definition) is 10. The average Bonchev–Trinajstić information content (AvgIpc) is 3.01. The smallest absolute Gasteiger partial charge is 0.347 e. The van der Waals surface area contributed by atoms with Gasteiger partial charge in [0.05, 0.1) is 26.6 Å². The van der Waals surface area contributed by atoms with Gasteiger partial charge >= 0.3 is 11.4 Å². The highest BCUT2D eigenvalue weighted by Gasteiger charge is 2.27. The third-order valence-electron chi connectivity index (χ3n) is 6.69. The van der Waals surface area contributed by atoms with E-state index in [1.54, 1.807) is 66.2 Å². The maximum absolute atomic E-state index is 13.6. The summed E-state index contributed by atoms with van der Waals surface area (Å²) in [5.74, 6) is 1.37. The lowest BCUT2D eigenvalue weighted by molar-refractivity contribution is 0.396. The number of methoxy groups -OCH3 is 2. The molecular weight excluding hydrogens is 636 g/mol. The molecule has 0 amide bonds. The number of rotatable bonds is 11. The van der Waals surface area contributed by atoms with Crippen LogP contribution >= 0.6 is 0 Å². The molecule has 0 fully saturated rings. The maximum Gasteiger partial charge on any atom is 0.347 e. The highest BCUT2D eigenvalue weighted by Crippen LogP contribution is 2.23. The van der Waals surface area contributed by atoms with Gasteiger partial charge in [-0.05, 0) is 63.1 Å². The third-order valence-corrected chi connectivity index (χ3v) is 9.31. The van der Waals surface area contributed by atoms with Crippen molar-refractivity contribution >= 4 is 20.0 Å². The van der Waals surface area contributed by atoms with Gasteiger partial charge in [0.1, 0.15) is 21.3 Å². The molecule has 2 N–H and O–H groups in total. The molecule has 4 aromatic rings. The third kappa shape index (κ3) is 9.32. The summed E-state index contributed by atoms with van der Waals surface area (Å²) in [4.78, 5) is 30.2. The monoisotopic (exact) mass is 674 g/mol. The molecule has 248 valence electrons. The first kappa shape index (κ1) is 36.1. The van der Waals surface area contributed by atoms with Crippen LogP contribution in [0.5, 0.6) is 11.5 Å². The van der Waals surface area contributed by atoms with E-state index >= 15 is 0 Å². The van der Waals surface area contributed by atoms with Crippen LogP contribution in [0.25, 0.3) is 0 Å². The van der Waals surface area contributed by atoms with Crippen LogP contribution in [0.1, 0.15) is 50.9 Å². The topological polar surface area (TPSA) is 186 Å². The Bertz CT molecular complexity index is 1910. The van der Waals surface area contributed by atoms with E-state index in [1.807, 2.05) is 24.3 Å². The SMILES string of the molecule is CC(C)n1cc(S(N)(=O)=O)cnc1=O.COc1ccc(CN(Cc2ccc(OC)cc2)S(=O)(=O)c2cnc(=O)n(C(C)C)c2)cc1. The fourth-order valence-electron chi connectivity index (χ4n) is 4.09. The quantitative estimate of drug-likeness (QED) is 0.248. The first-order valence-electron chi connectivity index (χ1n) is 14.0. The Labute approximate surface area is 268 Å². The summed E-state index contributed by atoms with van der Waals surface area (Å²) in [7, 11) is -4.60. The number of ether oxygens (including phenoxy) is 2. The molecule has 0 bridgehead atoms. The zero-order chi connectivity index (χ0) is 34.2. The molecule has 0 saturated heterocycles. The van der Waals surface area contributed by atoms with E-state index in [-0.39, 0.29) is 35.0 Å². The van der Waals surface area contributed by atoms with Gasteiger partial charge in [-0.1, -0.05) is 24.3 Å². The molecule has 0 unspecified atom stereocenters. The lowest BCUT2D eigenvalue weighted by atomic mass is 10.2. The molecule has 16 heteroatoms. The number of primary sulfonamides is 1. The summed E-state index contributed by atoms with van der Waals surface area (Å²) in [6, 6.07) is 14.1. The van der Waals surface area contributed by atoms with Crippen LogP contribution < -0.4 is 26.0 Å². The van der Waals surface area contributed by atoms with E-state index in [2.05, 4.69) is 9.97 Å². The second-order valence-corrected chi connectivity index (χ2v) is 14.2. The number of benzene rings is 2. The molecule has 2 aromatic heterocycles. The van der Waals surface area contributed by atoms with Gasteiger partial charge in [-0.2, -0.15) is 4.31 Å². The number of nitrogens with zero attached hydrogens (tertiary/aromatic N) is 5. The van der Waals surface area contributed by atoms with Gasteiger partial charge in [-0.25, -0.2) is 41.5 Å². The van der Waals surface area contributed by atoms with Gasteiger partial charge in [-0.3, -0.25) is 9.13 Å². The fourth-order valence-corrected chi connectivity index (χ4v) is 5.92. The second-order valence-electron chi connectivity index (χ2n) is 10.7. The standard InChI is InChI=1S/C23H27N3O5S.C7H11N3O3S/c1-17(2)26-16-22(13-24-23(26)27)32(28,29)25(14-18-5-9-20(30-3)10-6-18)15-19-7-11-21(31-4)12-8-19;1-5(2)10-4-6(14(8,12)13)3-9-7(10)11/h5-13,16-17H,14-15H2,1-4H3;3-5H,1-2H3,(H2,8,12,13). The van der Waals surface area contributed by atoms with E-state index in [0.717, 1.165) is 23.5 Å². The molecule has 46 heavy (non-hydrogen) atoms. The first-order chi connectivity index (χ1) is 21.6. The van der Waals surface area contributed by atoms with Crippen LogP contribution in [0.3, 0.4) is 0 Å². The van der Waals surface area contributed by atoms with Gasteiger partial charge in [0.2, 0.25) is 20.0 Å². The summed E-state index contributed by atoms with van der Waals surface area (Å²) in [5.41, 5.74) is 0.615. The minimum Gasteiger partial charge on any atom is -0.497 e. The van der Waals surface area contributed by atoms with E-state index in [9.17, 15) is 26.4 Å². The molecule has 4 rings (SSSR count). The normalized spacial score (nSPS) is 11.8. The van der Waals surface area contributed by atoms with Gasteiger partial charge in [0, 0.05) is 37.6 Å². The van der Waals surface area contributed by atoms with Crippen LogP contribution in [0.15, 0.2) is 92.7 Å². The Morgan fingerprint density at radius 1 is 0.696 bits per heavy atom. The molecule has 0 aliphatic carbocycles. The predicted octanol–water partition coefficient (Wildman–Crippen LogP) is 2.70. The second kappa shape index (κ2) is 15.3. The molecule has 0 radical (unpaired) electrons. The van der Waals surface area contributed by atoms with Crippen molar-refractivity contribution in [3.05, 3.63) is 105 Å². The predicted molar refractivity (Wildman–Crippen MR) is 172 cm³/mol. The van der Waals surface area contributed by atoms with E-state index in [0.29, 0.717) is 11.5 Å². The van der Waals surface area contributed by atoms with Crippen molar-refractivity contribution in [2.75, 3.05) is 14.2 Å². The minimum atomic E-state index is -3.95. The number of nitrogens with two attached hydrogens (primary N) is 1. The van der Waals surface area contributed by atoms with Crippen LogP contribution in [-0.4, -0.2) is 54.5 Å². The highest BCUT2D eigenvalue weighted by molar-refractivity contribution is 7.89. The van der Waals surface area contributed by atoms with Crippen molar-refractivity contribution < 1.29 is 26.3 Å². The Balaban J connectivity index is 0.000000344. The molecule has 2 heterocycles. The molecule has 0 aliphatic heterocycles. The Kier molecular flexibility index (Phi) is 12.0. The molecule has 0 spiro atoms. The zero-order valence-corrected chi connectivity index (χ0v) is 28.0. The van der Waals surface area contributed by atoms with Crippen LogP contribution in [0, 0.1) is 0 Å². The summed E-state index contributed by atoms with van der Waals surface area (Å²) < 4.78 is 63.3. The van der Waals surface area contributed by atoms with Gasteiger partial charge in [0.25, 0.3) is 0 Å². The minimum absolute atomic E-state index is 0.0344. The van der Waals surface area contributed by atoms with Crippen LogP contribution in [-0.2, 0) is 33.1 Å².